The molecule has 1 aromatic carbocycles. The van der Waals surface area contributed by atoms with Crippen LogP contribution in [0.1, 0.15) is 34.7 Å². The molecule has 136 valence electrons. The van der Waals surface area contributed by atoms with Crippen molar-refractivity contribution in [3.8, 4) is 0 Å². The molecule has 3 rings (SSSR count). The van der Waals surface area contributed by atoms with Gasteiger partial charge in [-0.1, -0.05) is 30.3 Å². The fraction of sp³-hybridized carbons (Fsp3) is 0.368. The Hall–Kier alpha value is -2.96. The summed E-state index contributed by atoms with van der Waals surface area (Å²) in [6.45, 7) is 6.37. The van der Waals surface area contributed by atoms with Crippen LogP contribution in [0.2, 0.25) is 0 Å². The summed E-state index contributed by atoms with van der Waals surface area (Å²) in [4.78, 5) is 36.1. The van der Waals surface area contributed by atoms with Gasteiger partial charge in [0.25, 0.3) is 5.91 Å². The van der Waals surface area contributed by atoms with Gasteiger partial charge in [-0.25, -0.2) is 9.97 Å². The highest BCUT2D eigenvalue weighted by atomic mass is 16.2. The number of carbonyl (C=O) groups is 2. The zero-order valence-corrected chi connectivity index (χ0v) is 15.1. The van der Waals surface area contributed by atoms with E-state index in [0.29, 0.717) is 37.8 Å². The van der Waals surface area contributed by atoms with Crippen molar-refractivity contribution in [2.75, 3.05) is 31.1 Å². The fourth-order valence-electron chi connectivity index (χ4n) is 2.93. The number of benzene rings is 1. The van der Waals surface area contributed by atoms with Crippen LogP contribution in [0.25, 0.3) is 0 Å². The van der Waals surface area contributed by atoms with Gasteiger partial charge < -0.3 is 15.1 Å². The van der Waals surface area contributed by atoms with E-state index in [1.807, 2.05) is 49.1 Å². The number of rotatable bonds is 5. The number of piperazine rings is 1. The van der Waals surface area contributed by atoms with Crippen LogP contribution in [0.3, 0.4) is 0 Å². The Balaban J connectivity index is 1.73. The summed E-state index contributed by atoms with van der Waals surface area (Å²) >= 11 is 0. The summed E-state index contributed by atoms with van der Waals surface area (Å²) in [6, 6.07) is 11.4. The van der Waals surface area contributed by atoms with Gasteiger partial charge >= 0.3 is 0 Å². The van der Waals surface area contributed by atoms with E-state index in [-0.39, 0.29) is 11.9 Å². The van der Waals surface area contributed by atoms with Gasteiger partial charge in [-0.2, -0.15) is 0 Å². The molecule has 1 unspecified atom stereocenters. The Morgan fingerprint density at radius 3 is 2.50 bits per heavy atom. The second kappa shape index (κ2) is 7.95. The summed E-state index contributed by atoms with van der Waals surface area (Å²) in [7, 11) is 0. The lowest BCUT2D eigenvalue weighted by Crippen LogP contribution is -2.46. The molecular formula is C19H23N5O2. The van der Waals surface area contributed by atoms with Gasteiger partial charge in [0.1, 0.15) is 5.69 Å². The van der Waals surface area contributed by atoms with Crippen molar-refractivity contribution in [3.63, 3.8) is 0 Å². The zero-order chi connectivity index (χ0) is 18.5. The van der Waals surface area contributed by atoms with Crippen molar-refractivity contribution in [1.82, 2.24) is 20.2 Å². The van der Waals surface area contributed by atoms with Gasteiger partial charge in [0.2, 0.25) is 12.4 Å². The number of carbonyl (C=O) groups excluding carboxylic acids is 2. The van der Waals surface area contributed by atoms with Crippen LogP contribution >= 0.6 is 0 Å². The second-order valence-corrected chi connectivity index (χ2v) is 6.43. The lowest BCUT2D eigenvalue weighted by molar-refractivity contribution is -0.118. The van der Waals surface area contributed by atoms with Crippen LogP contribution < -0.4 is 10.2 Å². The Morgan fingerprint density at radius 2 is 1.85 bits per heavy atom. The van der Waals surface area contributed by atoms with Crippen LogP contribution in [-0.4, -0.2) is 53.4 Å². The smallest absolute Gasteiger partial charge is 0.270 e. The van der Waals surface area contributed by atoms with Gasteiger partial charge in [-0.15, -0.1) is 0 Å². The van der Waals surface area contributed by atoms with Crippen molar-refractivity contribution in [1.29, 1.82) is 0 Å². The van der Waals surface area contributed by atoms with Gasteiger partial charge in [0.15, 0.2) is 0 Å². The van der Waals surface area contributed by atoms with Crippen LogP contribution in [0.5, 0.6) is 0 Å². The molecule has 1 atom stereocenters. The molecule has 1 fully saturated rings. The molecule has 1 N–H and O–H groups in total. The predicted molar refractivity (Wildman–Crippen MR) is 98.9 cm³/mol. The third kappa shape index (κ3) is 4.17. The fourth-order valence-corrected chi connectivity index (χ4v) is 2.93. The first-order chi connectivity index (χ1) is 12.6. The number of amides is 2. The monoisotopic (exact) mass is 353 g/mol. The van der Waals surface area contributed by atoms with E-state index in [0.717, 1.165) is 17.7 Å². The molecule has 1 saturated heterocycles. The summed E-state index contributed by atoms with van der Waals surface area (Å²) in [5.41, 5.74) is 2.13. The number of aryl methyl sites for hydroxylation is 1. The number of aromatic nitrogens is 2. The number of hydrogen-bond donors (Lipinski definition) is 1. The maximum atomic E-state index is 12.6. The maximum absolute atomic E-state index is 12.6. The van der Waals surface area contributed by atoms with Crippen molar-refractivity contribution in [2.45, 2.75) is 19.9 Å². The first-order valence-corrected chi connectivity index (χ1v) is 8.72. The molecule has 1 aliphatic heterocycles. The molecule has 0 radical (unpaired) electrons. The maximum Gasteiger partial charge on any atom is 0.270 e. The van der Waals surface area contributed by atoms with Crippen LogP contribution in [0.15, 0.2) is 36.4 Å². The minimum atomic E-state index is -0.223. The predicted octanol–water partition coefficient (Wildman–Crippen LogP) is 1.55. The average Bonchev–Trinajstić information content (AvgIpc) is 2.68. The number of nitrogens with one attached hydrogen (secondary N) is 1. The minimum Gasteiger partial charge on any atom is -0.344 e. The Kier molecular flexibility index (Phi) is 5.46. The number of hydrogen-bond acceptors (Lipinski definition) is 5. The Bertz CT molecular complexity index is 773. The van der Waals surface area contributed by atoms with Crippen molar-refractivity contribution >= 4 is 18.3 Å². The summed E-state index contributed by atoms with van der Waals surface area (Å²) in [6.07, 6.45) is 0.859. The Morgan fingerprint density at radius 1 is 1.15 bits per heavy atom. The zero-order valence-electron chi connectivity index (χ0n) is 15.1. The highest BCUT2D eigenvalue weighted by Gasteiger charge is 2.20. The molecule has 1 aromatic heterocycles. The summed E-state index contributed by atoms with van der Waals surface area (Å²) < 4.78 is 0. The first-order valence-electron chi connectivity index (χ1n) is 8.72. The third-order valence-electron chi connectivity index (χ3n) is 4.47. The van der Waals surface area contributed by atoms with Gasteiger partial charge in [-0.3, -0.25) is 9.59 Å². The van der Waals surface area contributed by atoms with Crippen LogP contribution in [0, 0.1) is 6.92 Å². The van der Waals surface area contributed by atoms with Crippen molar-refractivity contribution < 1.29 is 9.59 Å². The molecule has 2 amide bonds. The van der Waals surface area contributed by atoms with E-state index < -0.39 is 0 Å². The quantitative estimate of drug-likeness (QED) is 0.825. The van der Waals surface area contributed by atoms with Crippen LogP contribution in [-0.2, 0) is 4.79 Å². The first kappa shape index (κ1) is 17.8. The third-order valence-corrected chi connectivity index (χ3v) is 4.47. The van der Waals surface area contributed by atoms with Gasteiger partial charge in [-0.05, 0) is 25.5 Å². The molecule has 0 saturated carbocycles. The standard InChI is InChI=1S/C19H23N5O2/c1-14-12-17(18(26)21-15(2)16-6-4-3-5-7-16)22-19(20-14)24-10-8-23(13-25)9-11-24/h3-7,12-13,15H,8-11H2,1-2H3,(H,21,26). The van der Waals surface area contributed by atoms with E-state index in [4.69, 9.17) is 0 Å². The molecule has 26 heavy (non-hydrogen) atoms. The molecule has 0 aliphatic carbocycles. The van der Waals surface area contributed by atoms with E-state index in [1.54, 1.807) is 11.0 Å². The molecule has 7 heteroatoms. The SMILES string of the molecule is Cc1cc(C(=O)NC(C)c2ccccc2)nc(N2CCN(C=O)CC2)n1. The summed E-state index contributed by atoms with van der Waals surface area (Å²) in [5, 5.41) is 2.98. The second-order valence-electron chi connectivity index (χ2n) is 6.43. The topological polar surface area (TPSA) is 78.4 Å². The lowest BCUT2D eigenvalue weighted by Gasteiger charge is -2.32. The highest BCUT2D eigenvalue weighted by Crippen LogP contribution is 2.15. The number of anilines is 1. The average molecular weight is 353 g/mol. The van der Waals surface area contributed by atoms with Crippen LogP contribution in [0.4, 0.5) is 5.95 Å². The van der Waals surface area contributed by atoms with E-state index >= 15 is 0 Å². The largest absolute Gasteiger partial charge is 0.344 e. The van der Waals surface area contributed by atoms with E-state index in [1.165, 1.54) is 0 Å². The summed E-state index contributed by atoms with van der Waals surface area (Å²) in [5.74, 6) is 0.313. The van der Waals surface area contributed by atoms with Gasteiger partial charge in [0.05, 0.1) is 6.04 Å². The molecule has 0 spiro atoms. The molecular weight excluding hydrogens is 330 g/mol. The Labute approximate surface area is 153 Å². The van der Waals surface area contributed by atoms with E-state index in [9.17, 15) is 9.59 Å². The molecule has 1 aliphatic rings. The minimum absolute atomic E-state index is 0.112. The van der Waals surface area contributed by atoms with Crippen molar-refractivity contribution in [3.05, 3.63) is 53.3 Å². The normalized spacial score (nSPS) is 15.5. The molecule has 2 heterocycles. The van der Waals surface area contributed by atoms with Gasteiger partial charge in [0, 0.05) is 31.9 Å². The number of nitrogens with zero attached hydrogens (tertiary/aromatic N) is 4. The molecule has 7 nitrogen and oxygen atoms in total. The lowest BCUT2D eigenvalue weighted by atomic mass is 10.1. The molecule has 0 bridgehead atoms. The van der Waals surface area contributed by atoms with Crippen molar-refractivity contribution in [2.24, 2.45) is 0 Å². The van der Waals surface area contributed by atoms with E-state index in [2.05, 4.69) is 15.3 Å². The highest BCUT2D eigenvalue weighted by molar-refractivity contribution is 5.92. The molecule has 2 aromatic rings.